The normalized spacial score (nSPS) is 19.2. The Labute approximate surface area is 145 Å². The van der Waals surface area contributed by atoms with E-state index in [9.17, 15) is 9.18 Å². The monoisotopic (exact) mass is 338 g/mol. The smallest absolute Gasteiger partial charge is 0.257 e. The quantitative estimate of drug-likeness (QED) is 0.845. The molecule has 5 nitrogen and oxygen atoms in total. The predicted molar refractivity (Wildman–Crippen MR) is 92.7 cm³/mol. The van der Waals surface area contributed by atoms with E-state index in [4.69, 9.17) is 0 Å². The van der Waals surface area contributed by atoms with Crippen LogP contribution in [0.1, 0.15) is 21.7 Å². The molecule has 0 bridgehead atoms. The number of carbonyl (C=O) groups is 1. The number of likely N-dealkylation sites (tertiary alicyclic amines) is 1. The maximum Gasteiger partial charge on any atom is 0.257 e. The van der Waals surface area contributed by atoms with Crippen molar-refractivity contribution in [3.05, 3.63) is 64.9 Å². The summed E-state index contributed by atoms with van der Waals surface area (Å²) >= 11 is 0. The molecular formula is C19H19FN4O. The second-order valence-corrected chi connectivity index (χ2v) is 6.67. The number of halogens is 1. The Balaban J connectivity index is 1.52. The number of fused-ring (bicyclic) bond motifs is 1. The standard InChI is InChI=1S/C19H19FN4O/c1-12-7-13(2)22-19(21-12)24-10-14-8-23(9-15(14)11-24)18(25)16-5-3-4-6-17(16)20/h3-7,10,15H,8-9,11H2,1-2H3. The molecule has 1 fully saturated rings. The number of aromatic nitrogens is 2. The second-order valence-electron chi connectivity index (χ2n) is 6.67. The van der Waals surface area contributed by atoms with Crippen molar-refractivity contribution in [1.29, 1.82) is 0 Å². The van der Waals surface area contributed by atoms with E-state index in [-0.39, 0.29) is 17.4 Å². The van der Waals surface area contributed by atoms with E-state index in [0.29, 0.717) is 19.0 Å². The van der Waals surface area contributed by atoms with Crippen molar-refractivity contribution in [3.8, 4) is 0 Å². The number of carbonyl (C=O) groups excluding carboxylic acids is 1. The molecule has 2 aromatic rings. The third kappa shape index (κ3) is 2.88. The van der Waals surface area contributed by atoms with Crippen LogP contribution >= 0.6 is 0 Å². The van der Waals surface area contributed by atoms with Gasteiger partial charge in [0.25, 0.3) is 5.91 Å². The molecule has 1 aromatic carbocycles. The largest absolute Gasteiger partial charge is 0.334 e. The van der Waals surface area contributed by atoms with Gasteiger partial charge in [-0.1, -0.05) is 12.1 Å². The van der Waals surface area contributed by atoms with Crippen LogP contribution in [-0.2, 0) is 0 Å². The minimum atomic E-state index is -0.469. The topological polar surface area (TPSA) is 49.3 Å². The first-order chi connectivity index (χ1) is 12.0. The van der Waals surface area contributed by atoms with Crippen LogP contribution in [-0.4, -0.2) is 40.4 Å². The Kier molecular flexibility index (Phi) is 3.75. The zero-order chi connectivity index (χ0) is 17.6. The average Bonchev–Trinajstić information content (AvgIpc) is 3.12. The van der Waals surface area contributed by atoms with Gasteiger partial charge in [-0.05, 0) is 37.6 Å². The molecule has 1 amide bonds. The molecular weight excluding hydrogens is 319 g/mol. The number of nitrogens with zero attached hydrogens (tertiary/aromatic N) is 4. The van der Waals surface area contributed by atoms with Crippen molar-refractivity contribution in [2.75, 3.05) is 24.5 Å². The first kappa shape index (κ1) is 15.7. The molecule has 4 rings (SSSR count). The van der Waals surface area contributed by atoms with Crippen LogP contribution in [0.4, 0.5) is 10.3 Å². The third-order valence-corrected chi connectivity index (χ3v) is 4.70. The Bertz CT molecular complexity index is 859. The highest BCUT2D eigenvalue weighted by atomic mass is 19.1. The van der Waals surface area contributed by atoms with Gasteiger partial charge in [0.05, 0.1) is 5.56 Å². The lowest BCUT2D eigenvalue weighted by Gasteiger charge is -2.20. The first-order valence-corrected chi connectivity index (χ1v) is 8.34. The van der Waals surface area contributed by atoms with Crippen LogP contribution in [0.15, 0.2) is 42.1 Å². The highest BCUT2D eigenvalue weighted by Crippen LogP contribution is 2.32. The molecule has 2 aliphatic heterocycles. The minimum absolute atomic E-state index is 0.137. The molecule has 1 unspecified atom stereocenters. The summed E-state index contributed by atoms with van der Waals surface area (Å²) in [7, 11) is 0. The summed E-state index contributed by atoms with van der Waals surface area (Å²) in [4.78, 5) is 25.3. The number of hydrogen-bond acceptors (Lipinski definition) is 4. The number of benzene rings is 1. The molecule has 3 heterocycles. The van der Waals surface area contributed by atoms with Gasteiger partial charge < -0.3 is 9.80 Å². The van der Waals surface area contributed by atoms with Gasteiger partial charge in [-0.2, -0.15) is 0 Å². The molecule has 0 aliphatic carbocycles. The molecule has 1 saturated heterocycles. The van der Waals surface area contributed by atoms with Crippen LogP contribution in [0, 0.1) is 25.6 Å². The average molecular weight is 338 g/mol. The number of aryl methyl sites for hydroxylation is 2. The summed E-state index contributed by atoms with van der Waals surface area (Å²) in [5.74, 6) is 0.234. The van der Waals surface area contributed by atoms with Crippen molar-refractivity contribution in [3.63, 3.8) is 0 Å². The maximum absolute atomic E-state index is 13.9. The SMILES string of the molecule is Cc1cc(C)nc(N2C=C3CN(C(=O)c4ccccc4F)CC3C2)n1. The van der Waals surface area contributed by atoms with Crippen LogP contribution in [0.3, 0.4) is 0 Å². The van der Waals surface area contributed by atoms with Crippen molar-refractivity contribution in [2.24, 2.45) is 5.92 Å². The lowest BCUT2D eigenvalue weighted by Crippen LogP contribution is -2.32. The fraction of sp³-hybridized carbons (Fsp3) is 0.316. The Morgan fingerprint density at radius 2 is 1.88 bits per heavy atom. The summed E-state index contributed by atoms with van der Waals surface area (Å²) < 4.78 is 13.9. The summed E-state index contributed by atoms with van der Waals surface area (Å²) in [5, 5.41) is 0. The Morgan fingerprint density at radius 1 is 1.16 bits per heavy atom. The van der Waals surface area contributed by atoms with Crippen LogP contribution in [0.25, 0.3) is 0 Å². The van der Waals surface area contributed by atoms with Gasteiger partial charge >= 0.3 is 0 Å². The van der Waals surface area contributed by atoms with Gasteiger partial charge in [-0.25, -0.2) is 14.4 Å². The molecule has 25 heavy (non-hydrogen) atoms. The number of hydrogen-bond donors (Lipinski definition) is 0. The number of amides is 1. The third-order valence-electron chi connectivity index (χ3n) is 4.70. The Morgan fingerprint density at radius 3 is 2.56 bits per heavy atom. The van der Waals surface area contributed by atoms with Crippen LogP contribution in [0.2, 0.25) is 0 Å². The predicted octanol–water partition coefficient (Wildman–Crippen LogP) is 2.71. The summed E-state index contributed by atoms with van der Waals surface area (Å²) in [6.45, 7) is 5.78. The zero-order valence-corrected chi connectivity index (χ0v) is 14.2. The lowest BCUT2D eigenvalue weighted by atomic mass is 10.1. The van der Waals surface area contributed by atoms with Gasteiger partial charge in [0.2, 0.25) is 5.95 Å². The van der Waals surface area contributed by atoms with Gasteiger partial charge in [-0.15, -0.1) is 0 Å². The summed E-state index contributed by atoms with van der Waals surface area (Å²) in [6.07, 6.45) is 2.04. The molecule has 1 aromatic heterocycles. The highest BCUT2D eigenvalue weighted by molar-refractivity contribution is 5.95. The van der Waals surface area contributed by atoms with E-state index in [1.807, 2.05) is 31.0 Å². The molecule has 0 spiro atoms. The van der Waals surface area contributed by atoms with Crippen molar-refractivity contribution in [2.45, 2.75) is 13.8 Å². The molecule has 0 radical (unpaired) electrons. The van der Waals surface area contributed by atoms with Crippen molar-refractivity contribution < 1.29 is 9.18 Å². The molecule has 1 atom stereocenters. The fourth-order valence-corrected chi connectivity index (χ4v) is 3.54. The molecule has 128 valence electrons. The number of anilines is 1. The Hall–Kier alpha value is -2.76. The minimum Gasteiger partial charge on any atom is -0.334 e. The highest BCUT2D eigenvalue weighted by Gasteiger charge is 2.37. The van der Waals surface area contributed by atoms with E-state index >= 15 is 0 Å². The number of rotatable bonds is 2. The zero-order valence-electron chi connectivity index (χ0n) is 14.2. The van der Waals surface area contributed by atoms with Crippen molar-refractivity contribution >= 4 is 11.9 Å². The van der Waals surface area contributed by atoms with Crippen LogP contribution < -0.4 is 4.90 Å². The van der Waals surface area contributed by atoms with E-state index in [0.717, 1.165) is 17.9 Å². The summed E-state index contributed by atoms with van der Waals surface area (Å²) in [5.41, 5.74) is 3.19. The van der Waals surface area contributed by atoms with Gasteiger partial charge in [0.15, 0.2) is 0 Å². The summed E-state index contributed by atoms with van der Waals surface area (Å²) in [6, 6.07) is 8.08. The first-order valence-electron chi connectivity index (χ1n) is 8.34. The molecule has 0 saturated carbocycles. The second kappa shape index (κ2) is 5.95. The van der Waals surface area contributed by atoms with Gasteiger partial charge in [0.1, 0.15) is 5.82 Å². The van der Waals surface area contributed by atoms with Gasteiger partial charge in [0, 0.05) is 43.1 Å². The van der Waals surface area contributed by atoms with E-state index < -0.39 is 5.82 Å². The van der Waals surface area contributed by atoms with E-state index in [1.165, 1.54) is 17.7 Å². The molecule has 0 N–H and O–H groups in total. The van der Waals surface area contributed by atoms with Gasteiger partial charge in [-0.3, -0.25) is 4.79 Å². The molecule has 2 aliphatic rings. The molecule has 6 heteroatoms. The fourth-order valence-electron chi connectivity index (χ4n) is 3.54. The van der Waals surface area contributed by atoms with E-state index in [1.54, 1.807) is 17.0 Å². The maximum atomic E-state index is 13.9. The van der Waals surface area contributed by atoms with Crippen molar-refractivity contribution in [1.82, 2.24) is 14.9 Å². The van der Waals surface area contributed by atoms with E-state index in [2.05, 4.69) is 9.97 Å². The lowest BCUT2D eigenvalue weighted by molar-refractivity contribution is 0.0784. The van der Waals surface area contributed by atoms with Crippen LogP contribution in [0.5, 0.6) is 0 Å².